The first kappa shape index (κ1) is 20.3. The summed E-state index contributed by atoms with van der Waals surface area (Å²) in [5.41, 5.74) is 2.37. The van der Waals surface area contributed by atoms with Crippen molar-refractivity contribution in [3.8, 4) is 5.75 Å². The molecule has 0 radical (unpaired) electrons. The van der Waals surface area contributed by atoms with Gasteiger partial charge in [0.1, 0.15) is 17.3 Å². The van der Waals surface area contributed by atoms with E-state index in [4.69, 9.17) is 4.74 Å². The molecular formula is C25H20FNO4. The quantitative estimate of drug-likeness (QED) is 0.377. The van der Waals surface area contributed by atoms with E-state index in [9.17, 15) is 19.1 Å². The Labute approximate surface area is 179 Å². The lowest BCUT2D eigenvalue weighted by Gasteiger charge is -2.25. The standard InChI is InChI=1S/C25H20FNO4/c1-15-3-5-17(6-4-15)23(28)21-22(16-7-13-20(31-2)14-8-16)27(25(30)24(21)29)19-11-9-18(26)10-12-19/h3-14,22,28H,1-2H3. The van der Waals surface area contributed by atoms with E-state index >= 15 is 0 Å². The second-order valence-electron chi connectivity index (χ2n) is 7.28. The highest BCUT2D eigenvalue weighted by molar-refractivity contribution is 6.51. The summed E-state index contributed by atoms with van der Waals surface area (Å²) < 4.78 is 18.7. The van der Waals surface area contributed by atoms with Gasteiger partial charge >= 0.3 is 0 Å². The second-order valence-corrected chi connectivity index (χ2v) is 7.28. The molecule has 1 unspecified atom stereocenters. The molecule has 0 aromatic heterocycles. The molecule has 1 aliphatic heterocycles. The summed E-state index contributed by atoms with van der Waals surface area (Å²) in [5.74, 6) is -1.70. The Hall–Kier alpha value is -3.93. The van der Waals surface area contributed by atoms with Gasteiger partial charge in [-0.3, -0.25) is 14.5 Å². The molecule has 0 aliphatic carbocycles. The smallest absolute Gasteiger partial charge is 0.300 e. The number of ether oxygens (including phenoxy) is 1. The summed E-state index contributed by atoms with van der Waals surface area (Å²) >= 11 is 0. The van der Waals surface area contributed by atoms with Crippen LogP contribution in [0.2, 0.25) is 0 Å². The van der Waals surface area contributed by atoms with E-state index in [0.29, 0.717) is 22.6 Å². The van der Waals surface area contributed by atoms with Gasteiger partial charge in [0, 0.05) is 11.3 Å². The molecule has 5 nitrogen and oxygen atoms in total. The van der Waals surface area contributed by atoms with Gasteiger partial charge in [-0.2, -0.15) is 0 Å². The molecule has 1 heterocycles. The first-order chi connectivity index (χ1) is 14.9. The number of aliphatic hydroxyl groups excluding tert-OH is 1. The maximum Gasteiger partial charge on any atom is 0.300 e. The van der Waals surface area contributed by atoms with Crippen LogP contribution in [-0.4, -0.2) is 23.9 Å². The van der Waals surface area contributed by atoms with Crippen LogP contribution < -0.4 is 9.64 Å². The first-order valence-corrected chi connectivity index (χ1v) is 9.68. The van der Waals surface area contributed by atoms with Crippen LogP contribution in [0.4, 0.5) is 10.1 Å². The van der Waals surface area contributed by atoms with Crippen molar-refractivity contribution in [1.82, 2.24) is 0 Å². The number of aliphatic hydroxyl groups is 1. The molecule has 31 heavy (non-hydrogen) atoms. The van der Waals surface area contributed by atoms with Gasteiger partial charge in [0.25, 0.3) is 11.7 Å². The number of carbonyl (C=O) groups excluding carboxylic acids is 2. The van der Waals surface area contributed by atoms with Gasteiger partial charge in [0.05, 0.1) is 18.7 Å². The molecule has 1 saturated heterocycles. The maximum atomic E-state index is 13.5. The highest BCUT2D eigenvalue weighted by Gasteiger charge is 2.46. The fraction of sp³-hybridized carbons (Fsp3) is 0.120. The summed E-state index contributed by atoms with van der Waals surface area (Å²) in [6, 6.07) is 18.3. The Balaban J connectivity index is 1.92. The molecule has 0 saturated carbocycles. The number of methoxy groups -OCH3 is 1. The van der Waals surface area contributed by atoms with E-state index < -0.39 is 23.5 Å². The van der Waals surface area contributed by atoms with Gasteiger partial charge < -0.3 is 9.84 Å². The molecule has 0 bridgehead atoms. The van der Waals surface area contributed by atoms with Gasteiger partial charge in [-0.25, -0.2) is 4.39 Å². The van der Waals surface area contributed by atoms with Crippen LogP contribution in [0.1, 0.15) is 22.7 Å². The lowest BCUT2D eigenvalue weighted by atomic mass is 9.95. The molecule has 4 rings (SSSR count). The van der Waals surface area contributed by atoms with Crippen molar-refractivity contribution in [3.05, 3.63) is 101 Å². The maximum absolute atomic E-state index is 13.5. The molecule has 3 aromatic rings. The van der Waals surface area contributed by atoms with Crippen molar-refractivity contribution in [2.45, 2.75) is 13.0 Å². The summed E-state index contributed by atoms with van der Waals surface area (Å²) in [4.78, 5) is 27.3. The number of benzene rings is 3. The largest absolute Gasteiger partial charge is 0.507 e. The van der Waals surface area contributed by atoms with Crippen LogP contribution in [0.25, 0.3) is 5.76 Å². The Morgan fingerprint density at radius 3 is 2.13 bits per heavy atom. The van der Waals surface area contributed by atoms with Crippen molar-refractivity contribution < 1.29 is 23.8 Å². The third kappa shape index (κ3) is 3.68. The Morgan fingerprint density at radius 1 is 0.935 bits per heavy atom. The third-order valence-electron chi connectivity index (χ3n) is 5.31. The van der Waals surface area contributed by atoms with Crippen LogP contribution in [-0.2, 0) is 9.59 Å². The molecule has 156 valence electrons. The highest BCUT2D eigenvalue weighted by atomic mass is 19.1. The normalized spacial score (nSPS) is 17.8. The molecular weight excluding hydrogens is 397 g/mol. The highest BCUT2D eigenvalue weighted by Crippen LogP contribution is 2.42. The summed E-state index contributed by atoms with van der Waals surface area (Å²) in [5, 5.41) is 11.0. The minimum absolute atomic E-state index is 0.0247. The summed E-state index contributed by atoms with van der Waals surface area (Å²) in [7, 11) is 1.54. The van der Waals surface area contributed by atoms with Gasteiger partial charge in [-0.1, -0.05) is 42.0 Å². The van der Waals surface area contributed by atoms with E-state index in [1.54, 1.807) is 36.4 Å². The first-order valence-electron chi connectivity index (χ1n) is 9.68. The number of anilines is 1. The minimum atomic E-state index is -0.877. The second kappa shape index (κ2) is 8.07. The number of rotatable bonds is 4. The summed E-state index contributed by atoms with van der Waals surface area (Å²) in [6.45, 7) is 1.91. The number of ketones is 1. The lowest BCUT2D eigenvalue weighted by Crippen LogP contribution is -2.29. The minimum Gasteiger partial charge on any atom is -0.507 e. The van der Waals surface area contributed by atoms with Crippen LogP contribution in [0.5, 0.6) is 5.75 Å². The van der Waals surface area contributed by atoms with E-state index in [-0.39, 0.29) is 11.3 Å². The zero-order chi connectivity index (χ0) is 22.1. The zero-order valence-corrected chi connectivity index (χ0v) is 17.0. The number of nitrogens with zero attached hydrogens (tertiary/aromatic N) is 1. The zero-order valence-electron chi connectivity index (χ0n) is 17.0. The fourth-order valence-corrected chi connectivity index (χ4v) is 3.67. The Morgan fingerprint density at radius 2 is 1.55 bits per heavy atom. The predicted octanol–water partition coefficient (Wildman–Crippen LogP) is 4.77. The number of aryl methyl sites for hydroxylation is 1. The predicted molar refractivity (Wildman–Crippen MR) is 115 cm³/mol. The van der Waals surface area contributed by atoms with Crippen LogP contribution in [0.3, 0.4) is 0 Å². The van der Waals surface area contributed by atoms with Crippen LogP contribution in [0, 0.1) is 12.7 Å². The molecule has 0 spiro atoms. The van der Waals surface area contributed by atoms with E-state index in [2.05, 4.69) is 0 Å². The van der Waals surface area contributed by atoms with Crippen molar-refractivity contribution in [3.63, 3.8) is 0 Å². The average molecular weight is 417 g/mol. The molecule has 1 aliphatic rings. The summed E-state index contributed by atoms with van der Waals surface area (Å²) in [6.07, 6.45) is 0. The van der Waals surface area contributed by atoms with Gasteiger partial charge in [0.15, 0.2) is 0 Å². The van der Waals surface area contributed by atoms with E-state index in [1.807, 2.05) is 19.1 Å². The Bertz CT molecular complexity index is 1170. The molecule has 1 N–H and O–H groups in total. The van der Waals surface area contributed by atoms with Crippen LogP contribution in [0.15, 0.2) is 78.4 Å². The number of halogens is 1. The number of hydrogen-bond donors (Lipinski definition) is 1. The number of hydrogen-bond acceptors (Lipinski definition) is 4. The Kier molecular flexibility index (Phi) is 5.29. The van der Waals surface area contributed by atoms with Gasteiger partial charge in [0.2, 0.25) is 0 Å². The fourth-order valence-electron chi connectivity index (χ4n) is 3.67. The lowest BCUT2D eigenvalue weighted by molar-refractivity contribution is -0.132. The number of Topliss-reactive ketones (excluding diaryl/α,β-unsaturated/α-hetero) is 1. The molecule has 1 atom stereocenters. The van der Waals surface area contributed by atoms with Crippen molar-refractivity contribution in [2.75, 3.05) is 12.0 Å². The monoisotopic (exact) mass is 417 g/mol. The van der Waals surface area contributed by atoms with Crippen molar-refractivity contribution >= 4 is 23.1 Å². The topological polar surface area (TPSA) is 66.8 Å². The van der Waals surface area contributed by atoms with E-state index in [1.165, 1.54) is 36.3 Å². The van der Waals surface area contributed by atoms with Crippen LogP contribution >= 0.6 is 0 Å². The van der Waals surface area contributed by atoms with Crippen molar-refractivity contribution in [2.24, 2.45) is 0 Å². The van der Waals surface area contributed by atoms with Gasteiger partial charge in [-0.05, 0) is 48.9 Å². The molecule has 6 heteroatoms. The molecule has 3 aromatic carbocycles. The van der Waals surface area contributed by atoms with E-state index in [0.717, 1.165) is 5.56 Å². The SMILES string of the molecule is COc1ccc(C2C(=C(O)c3ccc(C)cc3)C(=O)C(=O)N2c2ccc(F)cc2)cc1. The number of amides is 1. The van der Waals surface area contributed by atoms with Crippen molar-refractivity contribution in [1.29, 1.82) is 0 Å². The average Bonchev–Trinajstić information content (AvgIpc) is 3.05. The molecule has 1 amide bonds. The number of carbonyl (C=O) groups is 2. The molecule has 1 fully saturated rings. The van der Waals surface area contributed by atoms with Gasteiger partial charge in [-0.15, -0.1) is 0 Å². The third-order valence-corrected chi connectivity index (χ3v) is 5.31.